The van der Waals surface area contributed by atoms with E-state index in [4.69, 9.17) is 4.98 Å². The van der Waals surface area contributed by atoms with E-state index in [1.165, 1.54) is 5.56 Å². The van der Waals surface area contributed by atoms with Gasteiger partial charge in [-0.2, -0.15) is 0 Å². The lowest BCUT2D eigenvalue weighted by atomic mass is 10.0. The van der Waals surface area contributed by atoms with Crippen LogP contribution >= 0.6 is 0 Å². The zero-order valence-corrected chi connectivity index (χ0v) is 18.3. The third kappa shape index (κ3) is 3.47. The number of fused-ring (bicyclic) bond motifs is 2. The van der Waals surface area contributed by atoms with Crippen LogP contribution in [-0.2, 0) is 13.1 Å². The smallest absolute Gasteiger partial charge is 0.141 e. The largest absolute Gasteiger partial charge is 0.395 e. The first-order chi connectivity index (χ1) is 15.6. The quantitative estimate of drug-likeness (QED) is 0.424. The van der Waals surface area contributed by atoms with E-state index in [2.05, 4.69) is 58.9 Å². The molecule has 3 aromatic carbocycles. The molecular weight excluding hydrogens is 400 g/mol. The van der Waals surface area contributed by atoms with Crippen LogP contribution in [-0.4, -0.2) is 42.5 Å². The summed E-state index contributed by atoms with van der Waals surface area (Å²) in [5, 5.41) is 19.2. The van der Waals surface area contributed by atoms with Crippen molar-refractivity contribution in [1.29, 1.82) is 0 Å². The Balaban J connectivity index is 1.66. The first kappa shape index (κ1) is 20.4. The van der Waals surface area contributed by atoms with E-state index in [0.717, 1.165) is 50.4 Å². The van der Waals surface area contributed by atoms with Crippen LogP contribution in [0, 0.1) is 13.8 Å². The van der Waals surface area contributed by atoms with Gasteiger partial charge in [0.05, 0.1) is 35.3 Å². The van der Waals surface area contributed by atoms with Gasteiger partial charge in [-0.3, -0.25) is 0 Å². The Kier molecular flexibility index (Phi) is 5.25. The highest BCUT2D eigenvalue weighted by Crippen LogP contribution is 2.31. The highest BCUT2D eigenvalue weighted by molar-refractivity contribution is 5.88. The van der Waals surface area contributed by atoms with Gasteiger partial charge < -0.3 is 19.3 Å². The maximum atomic E-state index is 9.73. The van der Waals surface area contributed by atoms with Gasteiger partial charge in [0.25, 0.3) is 0 Å². The molecule has 0 saturated heterocycles. The van der Waals surface area contributed by atoms with Crippen LogP contribution in [0.1, 0.15) is 11.4 Å². The van der Waals surface area contributed by atoms with E-state index in [9.17, 15) is 10.2 Å². The summed E-state index contributed by atoms with van der Waals surface area (Å²) in [4.78, 5) is 9.49. The van der Waals surface area contributed by atoms with Crippen LogP contribution in [0.3, 0.4) is 0 Å². The molecule has 162 valence electrons. The Bertz CT molecular complexity index is 1430. The Hall–Kier alpha value is -3.48. The van der Waals surface area contributed by atoms with Crippen molar-refractivity contribution in [2.45, 2.75) is 26.9 Å². The molecule has 2 N–H and O–H groups in total. The first-order valence-corrected chi connectivity index (χ1v) is 10.9. The van der Waals surface area contributed by atoms with E-state index in [1.54, 1.807) is 0 Å². The van der Waals surface area contributed by atoms with Crippen LogP contribution < -0.4 is 0 Å². The number of benzene rings is 3. The van der Waals surface area contributed by atoms with Crippen molar-refractivity contribution < 1.29 is 10.2 Å². The number of aliphatic hydroxyl groups excluding tert-OH is 2. The van der Waals surface area contributed by atoms with Gasteiger partial charge >= 0.3 is 0 Å². The fourth-order valence-electron chi connectivity index (χ4n) is 4.44. The van der Waals surface area contributed by atoms with Gasteiger partial charge in [-0.25, -0.2) is 9.97 Å². The summed E-state index contributed by atoms with van der Waals surface area (Å²) < 4.78 is 4.13. The fraction of sp³-hybridized carbons (Fsp3) is 0.231. The average molecular weight is 427 g/mol. The number of aromatic nitrogens is 4. The Morgan fingerprint density at radius 1 is 0.688 bits per heavy atom. The van der Waals surface area contributed by atoms with Gasteiger partial charge in [0, 0.05) is 18.7 Å². The van der Waals surface area contributed by atoms with Gasteiger partial charge in [0.1, 0.15) is 11.6 Å². The van der Waals surface area contributed by atoms with Crippen molar-refractivity contribution >= 4 is 22.1 Å². The molecular formula is C26H26N4O2. The molecule has 0 fully saturated rings. The average Bonchev–Trinajstić information content (AvgIpc) is 3.31. The Morgan fingerprint density at radius 3 is 1.97 bits per heavy atom. The molecule has 0 aliphatic carbocycles. The predicted molar refractivity (Wildman–Crippen MR) is 128 cm³/mol. The third-order valence-electron chi connectivity index (χ3n) is 5.94. The second kappa shape index (κ2) is 8.22. The summed E-state index contributed by atoms with van der Waals surface area (Å²) in [5.74, 6) is 1.76. The van der Waals surface area contributed by atoms with Crippen LogP contribution in [0.15, 0.2) is 60.7 Å². The van der Waals surface area contributed by atoms with Gasteiger partial charge in [-0.15, -0.1) is 0 Å². The molecule has 0 aliphatic heterocycles. The molecule has 0 atom stereocenters. The Morgan fingerprint density at radius 2 is 1.31 bits per heavy atom. The molecule has 0 spiro atoms. The standard InChI is InChI=1S/C26H26N4O2/c1-17-4-3-5-21(14-17)26-28-23-9-7-20(16-25(23)30(26)11-13-32)19-6-8-22-24(15-19)29(10-12-31)18(2)27-22/h3-9,14-16,31-32H,10-13H2,1-2H3. The molecule has 6 heteroatoms. The molecule has 0 radical (unpaired) electrons. The summed E-state index contributed by atoms with van der Waals surface area (Å²) in [6.07, 6.45) is 0. The number of hydrogen-bond acceptors (Lipinski definition) is 4. The van der Waals surface area contributed by atoms with Crippen LogP contribution in [0.25, 0.3) is 44.6 Å². The van der Waals surface area contributed by atoms with Crippen molar-refractivity contribution in [2.24, 2.45) is 0 Å². The second-order valence-electron chi connectivity index (χ2n) is 8.12. The minimum absolute atomic E-state index is 0.0417. The topological polar surface area (TPSA) is 76.1 Å². The molecule has 6 nitrogen and oxygen atoms in total. The summed E-state index contributed by atoms with van der Waals surface area (Å²) in [7, 11) is 0. The lowest BCUT2D eigenvalue weighted by Crippen LogP contribution is -2.04. The monoisotopic (exact) mass is 426 g/mol. The van der Waals surface area contributed by atoms with Gasteiger partial charge in [0.2, 0.25) is 0 Å². The van der Waals surface area contributed by atoms with Crippen molar-refractivity contribution in [3.63, 3.8) is 0 Å². The van der Waals surface area contributed by atoms with E-state index in [0.29, 0.717) is 13.1 Å². The van der Waals surface area contributed by atoms with Crippen LogP contribution in [0.5, 0.6) is 0 Å². The summed E-state index contributed by atoms with van der Waals surface area (Å²) in [6, 6.07) is 20.8. The lowest BCUT2D eigenvalue weighted by molar-refractivity contribution is 0.276. The van der Waals surface area contributed by atoms with Crippen LogP contribution in [0.2, 0.25) is 0 Å². The minimum Gasteiger partial charge on any atom is -0.395 e. The van der Waals surface area contributed by atoms with E-state index >= 15 is 0 Å². The molecule has 2 heterocycles. The summed E-state index contributed by atoms with van der Waals surface area (Å²) in [5.41, 5.74) is 8.20. The number of aliphatic hydroxyl groups is 2. The molecule has 5 aromatic rings. The maximum Gasteiger partial charge on any atom is 0.141 e. The Labute approximate surface area is 186 Å². The van der Waals surface area contributed by atoms with Gasteiger partial charge in [-0.1, -0.05) is 35.9 Å². The fourth-order valence-corrected chi connectivity index (χ4v) is 4.44. The second-order valence-corrected chi connectivity index (χ2v) is 8.12. The number of aryl methyl sites for hydroxylation is 2. The van der Waals surface area contributed by atoms with Crippen molar-refractivity contribution in [2.75, 3.05) is 13.2 Å². The minimum atomic E-state index is 0.0417. The number of hydrogen-bond donors (Lipinski definition) is 2. The van der Waals surface area contributed by atoms with Crippen LogP contribution in [0.4, 0.5) is 0 Å². The van der Waals surface area contributed by atoms with Crippen molar-refractivity contribution in [3.8, 4) is 22.5 Å². The molecule has 32 heavy (non-hydrogen) atoms. The molecule has 0 unspecified atom stereocenters. The number of rotatable bonds is 6. The molecule has 0 saturated carbocycles. The SMILES string of the molecule is Cc1cccc(-c2nc3ccc(-c4ccc5nc(C)n(CCO)c5c4)cc3n2CCO)c1. The summed E-state index contributed by atoms with van der Waals surface area (Å²) in [6.45, 7) is 5.14. The van der Waals surface area contributed by atoms with Crippen molar-refractivity contribution in [3.05, 3.63) is 72.1 Å². The highest BCUT2D eigenvalue weighted by Gasteiger charge is 2.15. The lowest BCUT2D eigenvalue weighted by Gasteiger charge is -2.09. The maximum absolute atomic E-state index is 9.73. The van der Waals surface area contributed by atoms with Crippen molar-refractivity contribution in [1.82, 2.24) is 19.1 Å². The van der Waals surface area contributed by atoms with E-state index in [-0.39, 0.29) is 13.2 Å². The van der Waals surface area contributed by atoms with E-state index < -0.39 is 0 Å². The van der Waals surface area contributed by atoms with E-state index in [1.807, 2.05) is 29.7 Å². The first-order valence-electron chi connectivity index (χ1n) is 10.9. The molecule has 0 bridgehead atoms. The number of imidazole rings is 2. The normalized spacial score (nSPS) is 11.6. The van der Waals surface area contributed by atoms with Gasteiger partial charge in [0.15, 0.2) is 0 Å². The van der Waals surface area contributed by atoms with Gasteiger partial charge in [-0.05, 0) is 55.3 Å². The zero-order chi connectivity index (χ0) is 22.2. The summed E-state index contributed by atoms with van der Waals surface area (Å²) >= 11 is 0. The molecule has 5 rings (SSSR count). The molecule has 2 aromatic heterocycles. The number of nitrogens with zero attached hydrogens (tertiary/aromatic N) is 4. The molecule has 0 aliphatic rings. The highest BCUT2D eigenvalue weighted by atomic mass is 16.3. The zero-order valence-electron chi connectivity index (χ0n) is 18.3. The third-order valence-corrected chi connectivity index (χ3v) is 5.94. The molecule has 0 amide bonds. The predicted octanol–water partition coefficient (Wildman–Crippen LogP) is 4.32.